The van der Waals surface area contributed by atoms with Crippen LogP contribution >= 0.6 is 0 Å². The van der Waals surface area contributed by atoms with Gasteiger partial charge in [-0.25, -0.2) is 9.97 Å². The summed E-state index contributed by atoms with van der Waals surface area (Å²) in [5.41, 5.74) is 0.906. The molecule has 18 heavy (non-hydrogen) atoms. The summed E-state index contributed by atoms with van der Waals surface area (Å²) in [4.78, 5) is 11.1. The third-order valence-electron chi connectivity index (χ3n) is 3.01. The van der Waals surface area contributed by atoms with E-state index in [4.69, 9.17) is 4.42 Å². The van der Waals surface area contributed by atoms with Gasteiger partial charge in [-0.1, -0.05) is 0 Å². The average Bonchev–Trinajstić information content (AvgIpc) is 3.10. The monoisotopic (exact) mass is 241 g/mol. The topological polar surface area (TPSA) is 42.2 Å². The van der Waals surface area contributed by atoms with E-state index in [-0.39, 0.29) is 0 Å². The molecule has 1 fully saturated rings. The summed E-state index contributed by atoms with van der Waals surface area (Å²) in [7, 11) is 0. The first-order valence-electron chi connectivity index (χ1n) is 6.21. The second kappa shape index (κ2) is 5.04. The highest BCUT2D eigenvalue weighted by molar-refractivity contribution is 5.65. The van der Waals surface area contributed by atoms with E-state index >= 15 is 0 Å². The molecule has 3 heterocycles. The van der Waals surface area contributed by atoms with Crippen molar-refractivity contribution in [1.82, 2.24) is 9.97 Å². The molecular weight excluding hydrogens is 226 g/mol. The average molecular weight is 241 g/mol. The van der Waals surface area contributed by atoms with Crippen molar-refractivity contribution in [1.29, 1.82) is 0 Å². The SMILES string of the molecule is C(=Cc1ccco1)c1ccnc(N2CCCC2)n1. The maximum atomic E-state index is 5.24. The Bertz CT molecular complexity index is 528. The van der Waals surface area contributed by atoms with Crippen LogP contribution in [0.1, 0.15) is 24.3 Å². The molecule has 1 aliphatic heterocycles. The summed E-state index contributed by atoms with van der Waals surface area (Å²) in [5, 5.41) is 0. The minimum absolute atomic E-state index is 0.828. The molecule has 3 rings (SSSR count). The quantitative estimate of drug-likeness (QED) is 0.828. The number of hydrogen-bond donors (Lipinski definition) is 0. The van der Waals surface area contributed by atoms with Crippen molar-refractivity contribution in [2.75, 3.05) is 18.0 Å². The van der Waals surface area contributed by atoms with E-state index in [9.17, 15) is 0 Å². The maximum absolute atomic E-state index is 5.24. The zero-order valence-corrected chi connectivity index (χ0v) is 10.1. The Labute approximate surface area is 106 Å². The second-order valence-electron chi connectivity index (χ2n) is 4.32. The van der Waals surface area contributed by atoms with Crippen LogP contribution < -0.4 is 4.90 Å². The largest absolute Gasteiger partial charge is 0.465 e. The van der Waals surface area contributed by atoms with E-state index in [0.29, 0.717) is 0 Å². The second-order valence-corrected chi connectivity index (χ2v) is 4.32. The van der Waals surface area contributed by atoms with Gasteiger partial charge in [-0.15, -0.1) is 0 Å². The van der Waals surface area contributed by atoms with E-state index in [1.807, 2.05) is 36.5 Å². The molecule has 0 unspecified atom stereocenters. The minimum Gasteiger partial charge on any atom is -0.465 e. The Morgan fingerprint density at radius 2 is 2.06 bits per heavy atom. The molecule has 0 spiro atoms. The first-order valence-corrected chi connectivity index (χ1v) is 6.21. The zero-order chi connectivity index (χ0) is 12.2. The first kappa shape index (κ1) is 11.0. The molecule has 2 aromatic rings. The molecule has 92 valence electrons. The normalized spacial score (nSPS) is 15.7. The molecule has 1 aliphatic rings. The first-order chi connectivity index (χ1) is 8.92. The summed E-state index contributed by atoms with van der Waals surface area (Å²) < 4.78 is 5.24. The minimum atomic E-state index is 0.828. The summed E-state index contributed by atoms with van der Waals surface area (Å²) in [6.45, 7) is 2.12. The van der Waals surface area contributed by atoms with Crippen LogP contribution in [0.2, 0.25) is 0 Å². The fourth-order valence-corrected chi connectivity index (χ4v) is 2.08. The van der Waals surface area contributed by atoms with E-state index in [1.54, 1.807) is 6.26 Å². The van der Waals surface area contributed by atoms with Gasteiger partial charge in [-0.2, -0.15) is 0 Å². The Morgan fingerprint density at radius 3 is 2.83 bits per heavy atom. The van der Waals surface area contributed by atoms with Gasteiger partial charge in [0.15, 0.2) is 0 Å². The molecule has 4 heteroatoms. The van der Waals surface area contributed by atoms with Crippen LogP contribution in [0.25, 0.3) is 12.2 Å². The lowest BCUT2D eigenvalue weighted by Gasteiger charge is -2.14. The molecule has 0 bridgehead atoms. The fourth-order valence-electron chi connectivity index (χ4n) is 2.08. The summed E-state index contributed by atoms with van der Waals surface area (Å²) >= 11 is 0. The highest BCUT2D eigenvalue weighted by Gasteiger charge is 2.14. The van der Waals surface area contributed by atoms with E-state index in [0.717, 1.165) is 30.5 Å². The van der Waals surface area contributed by atoms with Crippen molar-refractivity contribution in [2.45, 2.75) is 12.8 Å². The van der Waals surface area contributed by atoms with Gasteiger partial charge in [0, 0.05) is 19.3 Å². The van der Waals surface area contributed by atoms with Crippen LogP contribution in [0, 0.1) is 0 Å². The smallest absolute Gasteiger partial charge is 0.225 e. The summed E-state index contributed by atoms with van der Waals surface area (Å²) in [6.07, 6.45) is 9.79. The zero-order valence-electron chi connectivity index (χ0n) is 10.1. The Balaban J connectivity index is 1.78. The van der Waals surface area contributed by atoms with Gasteiger partial charge >= 0.3 is 0 Å². The number of anilines is 1. The van der Waals surface area contributed by atoms with Gasteiger partial charge in [0.1, 0.15) is 5.76 Å². The van der Waals surface area contributed by atoms with E-state index in [1.165, 1.54) is 12.8 Å². The van der Waals surface area contributed by atoms with Gasteiger partial charge in [0.25, 0.3) is 0 Å². The highest BCUT2D eigenvalue weighted by atomic mass is 16.3. The lowest BCUT2D eigenvalue weighted by Crippen LogP contribution is -2.20. The Hall–Kier alpha value is -2.10. The van der Waals surface area contributed by atoms with Crippen molar-refractivity contribution in [3.63, 3.8) is 0 Å². The molecule has 0 atom stereocenters. The number of hydrogen-bond acceptors (Lipinski definition) is 4. The van der Waals surface area contributed by atoms with Crippen LogP contribution in [0.3, 0.4) is 0 Å². The van der Waals surface area contributed by atoms with Gasteiger partial charge in [-0.3, -0.25) is 0 Å². The van der Waals surface area contributed by atoms with Gasteiger partial charge in [-0.05, 0) is 43.2 Å². The van der Waals surface area contributed by atoms with Crippen LogP contribution in [0.5, 0.6) is 0 Å². The van der Waals surface area contributed by atoms with Gasteiger partial charge in [0.05, 0.1) is 12.0 Å². The van der Waals surface area contributed by atoms with Crippen LogP contribution in [0.4, 0.5) is 5.95 Å². The standard InChI is InChI=1S/C14H15N3O/c1-2-10-17(9-1)14-15-8-7-12(16-14)5-6-13-4-3-11-18-13/h3-8,11H,1-2,9-10H2. The highest BCUT2D eigenvalue weighted by Crippen LogP contribution is 2.16. The van der Waals surface area contributed by atoms with Gasteiger partial charge < -0.3 is 9.32 Å². The number of rotatable bonds is 3. The molecule has 1 saturated heterocycles. The predicted molar refractivity (Wildman–Crippen MR) is 71.1 cm³/mol. The number of aromatic nitrogens is 2. The van der Waals surface area contributed by atoms with Crippen molar-refractivity contribution in [3.05, 3.63) is 42.1 Å². The van der Waals surface area contributed by atoms with Crippen LogP contribution in [-0.4, -0.2) is 23.1 Å². The van der Waals surface area contributed by atoms with Crippen LogP contribution in [0.15, 0.2) is 35.1 Å². The molecule has 0 aliphatic carbocycles. The van der Waals surface area contributed by atoms with Crippen molar-refractivity contribution >= 4 is 18.1 Å². The van der Waals surface area contributed by atoms with E-state index < -0.39 is 0 Å². The molecule has 0 N–H and O–H groups in total. The molecule has 0 aromatic carbocycles. The van der Waals surface area contributed by atoms with Crippen molar-refractivity contribution < 1.29 is 4.42 Å². The molecule has 4 nitrogen and oxygen atoms in total. The molecule has 2 aromatic heterocycles. The van der Waals surface area contributed by atoms with Gasteiger partial charge in [0.2, 0.25) is 5.95 Å². The fraction of sp³-hybridized carbons (Fsp3) is 0.286. The van der Waals surface area contributed by atoms with Crippen molar-refractivity contribution in [3.8, 4) is 0 Å². The lowest BCUT2D eigenvalue weighted by atomic mass is 10.3. The summed E-state index contributed by atoms with van der Waals surface area (Å²) in [6, 6.07) is 5.69. The maximum Gasteiger partial charge on any atom is 0.225 e. The Morgan fingerprint density at radius 1 is 1.17 bits per heavy atom. The molecule has 0 radical (unpaired) electrons. The third-order valence-corrected chi connectivity index (χ3v) is 3.01. The van der Waals surface area contributed by atoms with E-state index in [2.05, 4.69) is 14.9 Å². The summed E-state index contributed by atoms with van der Waals surface area (Å²) in [5.74, 6) is 1.66. The molecule has 0 saturated carbocycles. The molecule has 0 amide bonds. The van der Waals surface area contributed by atoms with Crippen LogP contribution in [-0.2, 0) is 0 Å². The predicted octanol–water partition coefficient (Wildman–Crippen LogP) is 2.84. The van der Waals surface area contributed by atoms with Crippen molar-refractivity contribution in [2.24, 2.45) is 0 Å². The number of nitrogens with zero attached hydrogens (tertiary/aromatic N) is 3. The Kier molecular flexibility index (Phi) is 3.08. The molecular formula is C14H15N3O. The number of furan rings is 1. The third kappa shape index (κ3) is 2.42. The lowest BCUT2D eigenvalue weighted by molar-refractivity contribution is 0.557.